The molecule has 3 aromatic rings. The number of benzene rings is 2. The van der Waals surface area contributed by atoms with Crippen molar-refractivity contribution < 1.29 is 4.74 Å². The number of nitrogen functional groups attached to an aromatic ring is 1. The topological polar surface area (TPSA) is 40.2 Å². The van der Waals surface area contributed by atoms with Crippen molar-refractivity contribution in [3.05, 3.63) is 60.3 Å². The summed E-state index contributed by atoms with van der Waals surface area (Å²) in [5.41, 5.74) is 9.04. The van der Waals surface area contributed by atoms with Gasteiger partial charge in [0.05, 0.1) is 5.69 Å². The molecule has 3 nitrogen and oxygen atoms in total. The van der Waals surface area contributed by atoms with Gasteiger partial charge in [0.15, 0.2) is 0 Å². The van der Waals surface area contributed by atoms with Crippen LogP contribution in [0.2, 0.25) is 0 Å². The highest BCUT2D eigenvalue weighted by molar-refractivity contribution is 5.84. The maximum atomic E-state index is 5.89. The van der Waals surface area contributed by atoms with Crippen LogP contribution in [-0.4, -0.2) is 4.57 Å². The minimum Gasteiger partial charge on any atom is -0.487 e. The first-order chi connectivity index (χ1) is 10.1. The summed E-state index contributed by atoms with van der Waals surface area (Å²) in [5.74, 6) is 0.887. The summed E-state index contributed by atoms with van der Waals surface area (Å²) < 4.78 is 8.19. The van der Waals surface area contributed by atoms with E-state index in [4.69, 9.17) is 10.5 Å². The molecule has 0 unspecified atom stereocenters. The van der Waals surface area contributed by atoms with Crippen LogP contribution in [0.5, 0.6) is 5.75 Å². The second-order valence-electron chi connectivity index (χ2n) is 5.52. The zero-order valence-corrected chi connectivity index (χ0v) is 12.4. The molecule has 1 aromatic heterocycles. The summed E-state index contributed by atoms with van der Waals surface area (Å²) in [6, 6.07) is 18.5. The zero-order chi connectivity index (χ0) is 14.8. The second-order valence-corrected chi connectivity index (χ2v) is 5.52. The normalized spacial score (nSPS) is 11.2. The summed E-state index contributed by atoms with van der Waals surface area (Å²) in [5, 5.41) is 1.16. The fourth-order valence-electron chi connectivity index (χ4n) is 2.71. The molecule has 0 atom stereocenters. The first-order valence-electron chi connectivity index (χ1n) is 7.22. The molecule has 0 amide bonds. The Hall–Kier alpha value is -2.42. The number of fused-ring (bicyclic) bond motifs is 1. The Morgan fingerprint density at radius 2 is 1.81 bits per heavy atom. The lowest BCUT2D eigenvalue weighted by Crippen LogP contribution is -2.08. The summed E-state index contributed by atoms with van der Waals surface area (Å²) >= 11 is 0. The molecular weight excluding hydrogens is 260 g/mol. The number of anilines is 1. The van der Waals surface area contributed by atoms with E-state index in [1.54, 1.807) is 0 Å². The lowest BCUT2D eigenvalue weighted by atomic mass is 10.2. The van der Waals surface area contributed by atoms with Crippen molar-refractivity contribution in [1.29, 1.82) is 0 Å². The minimum absolute atomic E-state index is 0.375. The predicted octanol–water partition coefficient (Wildman–Crippen LogP) is 4.38. The van der Waals surface area contributed by atoms with Gasteiger partial charge in [0.25, 0.3) is 0 Å². The molecule has 0 bridgehead atoms. The Morgan fingerprint density at radius 1 is 1.05 bits per heavy atom. The highest BCUT2D eigenvalue weighted by atomic mass is 16.5. The van der Waals surface area contributed by atoms with Crippen LogP contribution < -0.4 is 10.5 Å². The standard InChI is InChI=1S/C18H20N2O/c1-13(2)20-16(12-21-17-6-4-3-5-7-17)11-14-10-15(19)8-9-18(14)20/h3-11,13H,12,19H2,1-2H3. The molecule has 1 heterocycles. The number of nitrogens with zero attached hydrogens (tertiary/aromatic N) is 1. The van der Waals surface area contributed by atoms with Crippen molar-refractivity contribution in [2.24, 2.45) is 0 Å². The third-order valence-electron chi connectivity index (χ3n) is 3.59. The summed E-state index contributed by atoms with van der Waals surface area (Å²) in [6.07, 6.45) is 0. The predicted molar refractivity (Wildman–Crippen MR) is 87.5 cm³/mol. The summed E-state index contributed by atoms with van der Waals surface area (Å²) in [7, 11) is 0. The molecule has 0 saturated heterocycles. The molecule has 2 aromatic carbocycles. The molecule has 3 heteroatoms. The van der Waals surface area contributed by atoms with Crippen LogP contribution in [0.25, 0.3) is 10.9 Å². The maximum Gasteiger partial charge on any atom is 0.128 e. The van der Waals surface area contributed by atoms with Gasteiger partial charge in [-0.05, 0) is 50.2 Å². The van der Waals surface area contributed by atoms with E-state index in [0.29, 0.717) is 12.6 Å². The summed E-state index contributed by atoms with van der Waals surface area (Å²) in [4.78, 5) is 0. The lowest BCUT2D eigenvalue weighted by Gasteiger charge is -2.15. The van der Waals surface area contributed by atoms with Gasteiger partial charge in [-0.3, -0.25) is 0 Å². The van der Waals surface area contributed by atoms with E-state index < -0.39 is 0 Å². The number of ether oxygens (including phenoxy) is 1. The van der Waals surface area contributed by atoms with Gasteiger partial charge in [0.2, 0.25) is 0 Å². The number of hydrogen-bond donors (Lipinski definition) is 1. The van der Waals surface area contributed by atoms with Gasteiger partial charge in [-0.25, -0.2) is 0 Å². The number of aromatic nitrogens is 1. The molecule has 21 heavy (non-hydrogen) atoms. The van der Waals surface area contributed by atoms with Crippen molar-refractivity contribution in [2.75, 3.05) is 5.73 Å². The van der Waals surface area contributed by atoms with Gasteiger partial charge in [0, 0.05) is 22.6 Å². The molecule has 108 valence electrons. The highest BCUT2D eigenvalue weighted by Crippen LogP contribution is 2.26. The van der Waals surface area contributed by atoms with Crippen molar-refractivity contribution in [2.45, 2.75) is 26.5 Å². The fourth-order valence-corrected chi connectivity index (χ4v) is 2.71. The maximum absolute atomic E-state index is 5.89. The first kappa shape index (κ1) is 13.6. The largest absolute Gasteiger partial charge is 0.487 e. The van der Waals surface area contributed by atoms with Crippen LogP contribution >= 0.6 is 0 Å². The van der Waals surface area contributed by atoms with Crippen molar-refractivity contribution >= 4 is 16.6 Å². The number of nitrogens with two attached hydrogens (primary N) is 1. The van der Waals surface area contributed by atoms with Crippen LogP contribution in [0.4, 0.5) is 5.69 Å². The lowest BCUT2D eigenvalue weighted by molar-refractivity contribution is 0.293. The third-order valence-corrected chi connectivity index (χ3v) is 3.59. The van der Waals surface area contributed by atoms with Gasteiger partial charge >= 0.3 is 0 Å². The Balaban J connectivity index is 1.95. The van der Waals surface area contributed by atoms with E-state index >= 15 is 0 Å². The van der Waals surface area contributed by atoms with E-state index in [-0.39, 0.29) is 0 Å². The Labute approximate surface area is 125 Å². The van der Waals surface area contributed by atoms with Crippen molar-refractivity contribution in [3.8, 4) is 5.75 Å². The third kappa shape index (κ3) is 2.72. The quantitative estimate of drug-likeness (QED) is 0.720. The Bertz CT molecular complexity index is 745. The molecule has 0 radical (unpaired) electrons. The van der Waals surface area contributed by atoms with Crippen LogP contribution in [0.1, 0.15) is 25.6 Å². The number of rotatable bonds is 4. The molecule has 0 aliphatic heterocycles. The Kier molecular flexibility index (Phi) is 3.57. The number of hydrogen-bond acceptors (Lipinski definition) is 2. The van der Waals surface area contributed by atoms with Gasteiger partial charge in [-0.1, -0.05) is 18.2 Å². The van der Waals surface area contributed by atoms with E-state index in [2.05, 4.69) is 30.5 Å². The molecule has 0 saturated carbocycles. The second kappa shape index (κ2) is 5.52. The molecule has 0 fully saturated rings. The molecule has 0 spiro atoms. The van der Waals surface area contributed by atoms with Gasteiger partial charge in [0.1, 0.15) is 12.4 Å². The average molecular weight is 280 g/mol. The van der Waals surface area contributed by atoms with E-state index in [1.807, 2.05) is 42.5 Å². The van der Waals surface area contributed by atoms with Crippen LogP contribution in [0.15, 0.2) is 54.6 Å². The SMILES string of the molecule is CC(C)n1c(COc2ccccc2)cc2cc(N)ccc21. The molecule has 3 rings (SSSR count). The van der Waals surface area contributed by atoms with Gasteiger partial charge < -0.3 is 15.0 Å². The smallest absolute Gasteiger partial charge is 0.128 e. The van der Waals surface area contributed by atoms with Gasteiger partial charge in [-0.2, -0.15) is 0 Å². The minimum atomic E-state index is 0.375. The van der Waals surface area contributed by atoms with Crippen molar-refractivity contribution in [3.63, 3.8) is 0 Å². The van der Waals surface area contributed by atoms with Crippen LogP contribution in [0, 0.1) is 0 Å². The van der Waals surface area contributed by atoms with E-state index in [9.17, 15) is 0 Å². The molecule has 0 aliphatic carbocycles. The molecule has 2 N–H and O–H groups in total. The monoisotopic (exact) mass is 280 g/mol. The molecule has 0 aliphatic rings. The molecular formula is C18H20N2O. The Morgan fingerprint density at radius 3 is 2.52 bits per heavy atom. The zero-order valence-electron chi connectivity index (χ0n) is 12.4. The first-order valence-corrected chi connectivity index (χ1v) is 7.22. The van der Waals surface area contributed by atoms with Crippen molar-refractivity contribution in [1.82, 2.24) is 4.57 Å². The van der Waals surface area contributed by atoms with Crippen LogP contribution in [-0.2, 0) is 6.61 Å². The van der Waals surface area contributed by atoms with Crippen LogP contribution in [0.3, 0.4) is 0 Å². The summed E-state index contributed by atoms with van der Waals surface area (Å²) in [6.45, 7) is 4.92. The van der Waals surface area contributed by atoms with Gasteiger partial charge in [-0.15, -0.1) is 0 Å². The van der Waals surface area contributed by atoms with E-state index in [0.717, 1.165) is 22.5 Å². The average Bonchev–Trinajstić information content (AvgIpc) is 2.83. The number of para-hydroxylation sites is 1. The fraction of sp³-hybridized carbons (Fsp3) is 0.222. The highest BCUT2D eigenvalue weighted by Gasteiger charge is 2.12. The van der Waals surface area contributed by atoms with E-state index in [1.165, 1.54) is 5.52 Å².